The van der Waals surface area contributed by atoms with Crippen molar-refractivity contribution >= 4 is 55.1 Å². The normalized spacial score (nSPS) is 20.7. The van der Waals surface area contributed by atoms with Crippen molar-refractivity contribution in [2.24, 2.45) is 0 Å². The molecule has 2 N–H and O–H groups in total. The van der Waals surface area contributed by atoms with Gasteiger partial charge < -0.3 is 9.80 Å². The van der Waals surface area contributed by atoms with E-state index in [9.17, 15) is 21.4 Å². The Labute approximate surface area is 360 Å². The largest absolute Gasteiger partial charge is 0.467 e. The van der Waals surface area contributed by atoms with Gasteiger partial charge in [-0.15, -0.1) is 12.8 Å². The fourth-order valence-electron chi connectivity index (χ4n) is 8.68. The number of fused-ring (bicyclic) bond motifs is 2. The first kappa shape index (κ1) is 45.3. The summed E-state index contributed by atoms with van der Waals surface area (Å²) >= 11 is 1.05. The summed E-state index contributed by atoms with van der Waals surface area (Å²) < 4.78 is 68.7. The predicted molar refractivity (Wildman–Crippen MR) is 242 cm³/mol. The van der Waals surface area contributed by atoms with E-state index in [4.69, 9.17) is 5.26 Å². The van der Waals surface area contributed by atoms with Crippen LogP contribution in [0.15, 0.2) is 126 Å². The van der Waals surface area contributed by atoms with E-state index in [1.807, 2.05) is 36.4 Å². The van der Waals surface area contributed by atoms with Crippen LogP contribution < -0.4 is 14.1 Å². The van der Waals surface area contributed by atoms with Crippen molar-refractivity contribution in [3.63, 3.8) is 0 Å². The Morgan fingerprint density at radius 2 is 1.22 bits per heavy atom. The molecule has 2 heterocycles. The number of para-hydroxylation sites is 3. The molecule has 12 nitrogen and oxygen atoms in total. The van der Waals surface area contributed by atoms with Crippen LogP contribution >= 0.6 is 12.0 Å². The predicted octanol–water partition coefficient (Wildman–Crippen LogP) is 8.98. The van der Waals surface area contributed by atoms with E-state index >= 15 is 0 Å². The summed E-state index contributed by atoms with van der Waals surface area (Å²) in [6.45, 7) is 10.1. The molecule has 1 aliphatic carbocycles. The van der Waals surface area contributed by atoms with Crippen molar-refractivity contribution in [3.05, 3.63) is 137 Å². The highest BCUT2D eigenvalue weighted by Gasteiger charge is 2.42. The lowest BCUT2D eigenvalue weighted by molar-refractivity contribution is -0.432. The van der Waals surface area contributed by atoms with Crippen LogP contribution in [0.2, 0.25) is 0 Å². The average molecular weight is 878 g/mol. The fraction of sp³-hybridized carbons (Fsp3) is 0.400. The van der Waals surface area contributed by atoms with E-state index in [1.165, 1.54) is 13.8 Å². The summed E-state index contributed by atoms with van der Waals surface area (Å²) in [5.74, 6) is 0.354. The maximum atomic E-state index is 14.5. The third-order valence-electron chi connectivity index (χ3n) is 11.9. The highest BCUT2D eigenvalue weighted by molar-refractivity contribution is 7.94. The molecule has 0 spiro atoms. The number of allylic oxidation sites excluding steroid dienone is 8. The summed E-state index contributed by atoms with van der Waals surface area (Å²) in [4.78, 5) is 4.57. The summed E-state index contributed by atoms with van der Waals surface area (Å²) in [5.41, 5.74) is 8.93. The highest BCUT2D eigenvalue weighted by Crippen LogP contribution is 2.49. The van der Waals surface area contributed by atoms with Crippen LogP contribution in [0.4, 0.5) is 17.1 Å². The van der Waals surface area contributed by atoms with E-state index in [1.54, 1.807) is 26.2 Å². The zero-order valence-electron chi connectivity index (χ0n) is 35.2. The maximum absolute atomic E-state index is 14.5. The molecular weight excluding hydrogens is 821 g/mol. The first-order valence-electron chi connectivity index (χ1n) is 20.3. The average Bonchev–Trinajstić information content (AvgIpc) is 3.79. The van der Waals surface area contributed by atoms with Crippen LogP contribution in [0.25, 0.3) is 0 Å². The van der Waals surface area contributed by atoms with Crippen LogP contribution in [-0.4, -0.2) is 75.0 Å². The fourth-order valence-corrected chi connectivity index (χ4v) is 10.9. The van der Waals surface area contributed by atoms with E-state index in [0.717, 1.165) is 70.9 Å². The Morgan fingerprint density at radius 1 is 0.733 bits per heavy atom. The number of benzene rings is 3. The lowest BCUT2D eigenvalue weighted by Gasteiger charge is -2.27. The summed E-state index contributed by atoms with van der Waals surface area (Å²) in [7, 11) is -4.91. The molecule has 322 valence electrons. The molecular formula is C45H57N4O8S3+. The van der Waals surface area contributed by atoms with Crippen molar-refractivity contribution in [3.8, 4) is 0 Å². The molecule has 1 saturated carbocycles. The molecule has 15 heteroatoms. The van der Waals surface area contributed by atoms with Crippen LogP contribution in [0, 0.1) is 0 Å². The van der Waals surface area contributed by atoms with Gasteiger partial charge >= 0.3 is 10.2 Å². The van der Waals surface area contributed by atoms with Crippen LogP contribution in [0.1, 0.15) is 77.3 Å². The Bertz CT molecular complexity index is 2420. The van der Waals surface area contributed by atoms with Gasteiger partial charge in [-0.2, -0.15) is 8.42 Å². The highest BCUT2D eigenvalue weighted by atomic mass is 32.2. The Morgan fingerprint density at radius 3 is 1.72 bits per heavy atom. The zero-order valence-corrected chi connectivity index (χ0v) is 37.7. The van der Waals surface area contributed by atoms with Gasteiger partial charge in [-0.1, -0.05) is 103 Å². The lowest BCUT2D eigenvalue weighted by atomic mass is 9.83. The molecule has 0 radical (unpaired) electrons. The van der Waals surface area contributed by atoms with Crippen molar-refractivity contribution in [1.29, 1.82) is 0 Å². The van der Waals surface area contributed by atoms with Crippen molar-refractivity contribution in [2.45, 2.75) is 77.0 Å². The van der Waals surface area contributed by atoms with Gasteiger partial charge in [0.05, 0.1) is 11.4 Å². The van der Waals surface area contributed by atoms with Gasteiger partial charge in [0, 0.05) is 82.7 Å². The molecule has 0 bridgehead atoms. The van der Waals surface area contributed by atoms with E-state index in [0.29, 0.717) is 49.4 Å². The van der Waals surface area contributed by atoms with Gasteiger partial charge in [-0.05, 0) is 86.1 Å². The molecule has 3 aromatic carbocycles. The summed E-state index contributed by atoms with van der Waals surface area (Å²) in [6, 6.07) is 25.7. The Kier molecular flexibility index (Phi) is 14.2. The van der Waals surface area contributed by atoms with Gasteiger partial charge in [-0.25, -0.2) is 9.56 Å². The third kappa shape index (κ3) is 9.62. The van der Waals surface area contributed by atoms with Gasteiger partial charge in [0.1, 0.15) is 0 Å². The first-order chi connectivity index (χ1) is 28.5. The molecule has 60 heavy (non-hydrogen) atoms. The zero-order chi connectivity index (χ0) is 43.3. The molecule has 0 saturated heterocycles. The summed E-state index contributed by atoms with van der Waals surface area (Å²) in [6.07, 6.45) is 12.2. The number of rotatable bonds is 17. The van der Waals surface area contributed by atoms with E-state index in [-0.39, 0.29) is 11.2 Å². The number of unbranched alkanes of at least 4 members (excludes halogenated alkanes) is 2. The third-order valence-corrected chi connectivity index (χ3v) is 15.0. The van der Waals surface area contributed by atoms with Gasteiger partial charge in [0.2, 0.25) is 5.71 Å². The van der Waals surface area contributed by atoms with Crippen LogP contribution in [0.5, 0.6) is 0 Å². The monoisotopic (exact) mass is 877 g/mol. The van der Waals surface area contributed by atoms with Crippen molar-refractivity contribution in [1.82, 2.24) is 0 Å². The number of anilines is 3. The molecule has 6 rings (SSSR count). The lowest BCUT2D eigenvalue weighted by Crippen LogP contribution is -2.37. The van der Waals surface area contributed by atoms with Crippen molar-refractivity contribution < 1.29 is 40.0 Å². The Balaban J connectivity index is 1.43. The topological polar surface area (TPSA) is 140 Å². The second kappa shape index (κ2) is 18.8. The standard InChI is InChI=1S/C45H56N4O8S3/c1-44(2)37-20-10-12-22-39(37)48(30-14-16-32-58-57-56-50)41(44)28-26-34-24-25-35(43(34)47(6)60(54,55)46(5)36-18-8-7-9-19-36)27-29-42-45(3,4)38-21-11-13-23-40(38)49(42)31-15-17-33-59(51,52)53/h7-13,18-23,26-29H,14-17,24-25,30-33H2,1-6H3,(H-,50,51,52,53)/p+1. The number of nitrogens with zero attached hydrogens (tertiary/aromatic N) is 4. The molecule has 0 unspecified atom stereocenters. The molecule has 0 aromatic heterocycles. The molecule has 0 amide bonds. The van der Waals surface area contributed by atoms with Gasteiger partial charge in [0.25, 0.3) is 10.1 Å². The second-order valence-electron chi connectivity index (χ2n) is 16.4. The smallest absolute Gasteiger partial charge is 0.344 e. The second-order valence-corrected chi connectivity index (χ2v) is 20.7. The van der Waals surface area contributed by atoms with Gasteiger partial charge in [0.15, 0.2) is 7.05 Å². The molecule has 0 atom stereocenters. The van der Waals surface area contributed by atoms with Crippen molar-refractivity contribution in [2.75, 3.05) is 52.8 Å². The van der Waals surface area contributed by atoms with E-state index in [2.05, 4.69) is 102 Å². The number of hydrogen-bond donors (Lipinski definition) is 2. The number of hydrogen-bond acceptors (Lipinski definition) is 10. The minimum absolute atomic E-state index is 0.298. The Hall–Kier alpha value is -4.22. The molecule has 1 fully saturated rings. The maximum Gasteiger partial charge on any atom is 0.467 e. The molecule has 3 aliphatic rings. The molecule has 3 aromatic rings. The summed E-state index contributed by atoms with van der Waals surface area (Å²) in [5, 5.41) is 12.2. The quantitative estimate of drug-likeness (QED) is 0.0336. The first-order valence-corrected chi connectivity index (χ1v) is 24.2. The molecule has 2 aliphatic heterocycles. The minimum Gasteiger partial charge on any atom is -0.344 e. The SMILES string of the molecule is CN(c1ccccc1)S(=O)(=O)/[N+](C)=C1C(=C/C=C2/N(CCCCSOOO)c3ccccc3C2(C)C)CCC/1=C\C=C1N(CCCCS(=O)(=O)O)c2ccccc2C1(C)C. The van der Waals surface area contributed by atoms with Crippen LogP contribution in [0.3, 0.4) is 0 Å². The minimum atomic E-state index is -4.07. The van der Waals surface area contributed by atoms with E-state index < -0.39 is 25.7 Å². The van der Waals surface area contributed by atoms with Gasteiger partial charge in [-0.3, -0.25) is 4.55 Å². The van der Waals surface area contributed by atoms with Crippen LogP contribution in [-0.2, 0) is 40.5 Å².